The lowest BCUT2D eigenvalue weighted by Gasteiger charge is -2.30. The number of hydrogen-bond acceptors (Lipinski definition) is 4. The lowest BCUT2D eigenvalue weighted by molar-refractivity contribution is -0.142. The van der Waals surface area contributed by atoms with E-state index in [9.17, 15) is 9.59 Å². The van der Waals surface area contributed by atoms with Crippen LogP contribution < -0.4 is 14.8 Å². The van der Waals surface area contributed by atoms with Gasteiger partial charge in [-0.25, -0.2) is 0 Å². The van der Waals surface area contributed by atoms with Gasteiger partial charge in [-0.3, -0.25) is 9.59 Å². The Balaban J connectivity index is 2.22. The van der Waals surface area contributed by atoms with Gasteiger partial charge in [0.1, 0.15) is 17.5 Å². The Labute approximate surface area is 179 Å². The SMILES string of the molecule is CCNC(=O)[C@H](CC)N(Cc1cccc(OC)c1)C(=O)COc1ccc(C)c(C)c1. The van der Waals surface area contributed by atoms with Crippen LogP contribution in [0.5, 0.6) is 11.5 Å². The minimum Gasteiger partial charge on any atom is -0.497 e. The van der Waals surface area contributed by atoms with Gasteiger partial charge in [0.2, 0.25) is 5.91 Å². The van der Waals surface area contributed by atoms with Gasteiger partial charge in [-0.15, -0.1) is 0 Å². The van der Waals surface area contributed by atoms with Crippen molar-refractivity contribution in [1.82, 2.24) is 10.2 Å². The monoisotopic (exact) mass is 412 g/mol. The van der Waals surface area contributed by atoms with Crippen LogP contribution in [0, 0.1) is 13.8 Å². The third kappa shape index (κ3) is 6.24. The number of carbonyl (C=O) groups is 2. The third-order valence-corrected chi connectivity index (χ3v) is 5.06. The summed E-state index contributed by atoms with van der Waals surface area (Å²) in [5, 5.41) is 2.83. The Morgan fingerprint density at radius 1 is 1.03 bits per heavy atom. The Kier molecular flexibility index (Phi) is 8.71. The molecule has 0 fully saturated rings. The Morgan fingerprint density at radius 2 is 1.80 bits per heavy atom. The van der Waals surface area contributed by atoms with E-state index in [0.29, 0.717) is 31.0 Å². The number of likely N-dealkylation sites (N-methyl/N-ethyl adjacent to an activating group) is 1. The fourth-order valence-corrected chi connectivity index (χ4v) is 3.21. The van der Waals surface area contributed by atoms with Crippen LogP contribution in [0.3, 0.4) is 0 Å². The fraction of sp³-hybridized carbons (Fsp3) is 0.417. The molecule has 0 aliphatic heterocycles. The minimum atomic E-state index is -0.577. The summed E-state index contributed by atoms with van der Waals surface area (Å²) in [6.07, 6.45) is 0.505. The van der Waals surface area contributed by atoms with Gasteiger partial charge >= 0.3 is 0 Å². The smallest absolute Gasteiger partial charge is 0.261 e. The second-order valence-electron chi connectivity index (χ2n) is 7.23. The number of amides is 2. The van der Waals surface area contributed by atoms with Crippen molar-refractivity contribution >= 4 is 11.8 Å². The van der Waals surface area contributed by atoms with E-state index in [0.717, 1.165) is 16.7 Å². The van der Waals surface area contributed by atoms with Gasteiger partial charge in [-0.2, -0.15) is 0 Å². The summed E-state index contributed by atoms with van der Waals surface area (Å²) in [7, 11) is 1.60. The number of nitrogens with one attached hydrogen (secondary N) is 1. The molecule has 1 atom stereocenters. The molecule has 2 aromatic carbocycles. The molecule has 0 heterocycles. The Hall–Kier alpha value is -3.02. The summed E-state index contributed by atoms with van der Waals surface area (Å²) in [4.78, 5) is 27.3. The summed E-state index contributed by atoms with van der Waals surface area (Å²) in [6, 6.07) is 12.7. The van der Waals surface area contributed by atoms with Gasteiger partial charge in [0.05, 0.1) is 7.11 Å². The molecule has 0 aliphatic rings. The highest BCUT2D eigenvalue weighted by atomic mass is 16.5. The van der Waals surface area contributed by atoms with Crippen LogP contribution in [-0.2, 0) is 16.1 Å². The Morgan fingerprint density at radius 3 is 2.43 bits per heavy atom. The molecular weight excluding hydrogens is 380 g/mol. The van der Waals surface area contributed by atoms with Crippen molar-refractivity contribution in [2.24, 2.45) is 0 Å². The van der Waals surface area contributed by atoms with Gasteiger partial charge in [-0.1, -0.05) is 25.1 Å². The van der Waals surface area contributed by atoms with Crippen molar-refractivity contribution in [2.45, 2.75) is 46.7 Å². The molecule has 0 aliphatic carbocycles. The van der Waals surface area contributed by atoms with E-state index in [1.54, 1.807) is 12.0 Å². The van der Waals surface area contributed by atoms with Crippen molar-refractivity contribution in [3.05, 3.63) is 59.2 Å². The molecule has 0 saturated carbocycles. The number of aryl methyl sites for hydroxylation is 2. The molecule has 2 amide bonds. The van der Waals surface area contributed by atoms with E-state index in [-0.39, 0.29) is 18.4 Å². The Bertz CT molecular complexity index is 866. The molecular formula is C24H32N2O4. The van der Waals surface area contributed by atoms with Crippen LogP contribution in [0.15, 0.2) is 42.5 Å². The summed E-state index contributed by atoms with van der Waals surface area (Å²) in [5.41, 5.74) is 3.15. The van der Waals surface area contributed by atoms with Crippen LogP contribution >= 0.6 is 0 Å². The maximum atomic E-state index is 13.1. The maximum absolute atomic E-state index is 13.1. The summed E-state index contributed by atoms with van der Waals surface area (Å²) in [6.45, 7) is 8.46. The van der Waals surface area contributed by atoms with Gasteiger partial charge in [0.15, 0.2) is 6.61 Å². The van der Waals surface area contributed by atoms with Crippen LogP contribution in [-0.4, -0.2) is 43.0 Å². The number of nitrogens with zero attached hydrogens (tertiary/aromatic N) is 1. The molecule has 162 valence electrons. The number of rotatable bonds is 10. The summed E-state index contributed by atoms with van der Waals surface area (Å²) < 4.78 is 11.0. The van der Waals surface area contributed by atoms with Crippen molar-refractivity contribution in [1.29, 1.82) is 0 Å². The van der Waals surface area contributed by atoms with E-state index in [1.807, 2.05) is 70.2 Å². The molecule has 1 N–H and O–H groups in total. The topological polar surface area (TPSA) is 67.9 Å². The second kappa shape index (κ2) is 11.2. The summed E-state index contributed by atoms with van der Waals surface area (Å²) >= 11 is 0. The van der Waals surface area contributed by atoms with Gasteiger partial charge < -0.3 is 19.7 Å². The van der Waals surface area contributed by atoms with Crippen molar-refractivity contribution in [3.63, 3.8) is 0 Å². The highest BCUT2D eigenvalue weighted by Crippen LogP contribution is 2.19. The second-order valence-corrected chi connectivity index (χ2v) is 7.23. The molecule has 0 bridgehead atoms. The molecule has 0 unspecified atom stereocenters. The average molecular weight is 413 g/mol. The van der Waals surface area contributed by atoms with Crippen molar-refractivity contribution in [2.75, 3.05) is 20.3 Å². The van der Waals surface area contributed by atoms with E-state index in [4.69, 9.17) is 9.47 Å². The number of benzene rings is 2. The van der Waals surface area contributed by atoms with Crippen LogP contribution in [0.1, 0.15) is 37.0 Å². The van der Waals surface area contributed by atoms with E-state index in [1.165, 1.54) is 0 Å². The van der Waals surface area contributed by atoms with Gasteiger partial charge in [0.25, 0.3) is 5.91 Å². The first-order valence-electron chi connectivity index (χ1n) is 10.3. The highest BCUT2D eigenvalue weighted by molar-refractivity contribution is 5.88. The largest absolute Gasteiger partial charge is 0.497 e. The lowest BCUT2D eigenvalue weighted by Crippen LogP contribution is -2.50. The quantitative estimate of drug-likeness (QED) is 0.647. The molecule has 0 radical (unpaired) electrons. The fourth-order valence-electron chi connectivity index (χ4n) is 3.21. The predicted molar refractivity (Wildman–Crippen MR) is 118 cm³/mol. The normalized spacial score (nSPS) is 11.5. The van der Waals surface area contributed by atoms with Crippen LogP contribution in [0.25, 0.3) is 0 Å². The highest BCUT2D eigenvalue weighted by Gasteiger charge is 2.28. The number of ether oxygens (including phenoxy) is 2. The third-order valence-electron chi connectivity index (χ3n) is 5.06. The van der Waals surface area contributed by atoms with Crippen molar-refractivity contribution < 1.29 is 19.1 Å². The van der Waals surface area contributed by atoms with Crippen molar-refractivity contribution in [3.8, 4) is 11.5 Å². The van der Waals surface area contributed by atoms with Gasteiger partial charge in [-0.05, 0) is 68.1 Å². The molecule has 6 heteroatoms. The zero-order chi connectivity index (χ0) is 22.1. The number of carbonyl (C=O) groups excluding carboxylic acids is 2. The van der Waals surface area contributed by atoms with E-state index in [2.05, 4.69) is 5.32 Å². The molecule has 6 nitrogen and oxygen atoms in total. The molecule has 0 saturated heterocycles. The molecule has 0 aromatic heterocycles. The number of methoxy groups -OCH3 is 1. The van der Waals surface area contributed by atoms with Crippen LogP contribution in [0.2, 0.25) is 0 Å². The predicted octanol–water partition coefficient (Wildman–Crippen LogP) is 3.63. The van der Waals surface area contributed by atoms with E-state index >= 15 is 0 Å². The molecule has 30 heavy (non-hydrogen) atoms. The zero-order valence-electron chi connectivity index (χ0n) is 18.5. The zero-order valence-corrected chi connectivity index (χ0v) is 18.5. The first kappa shape index (κ1) is 23.3. The lowest BCUT2D eigenvalue weighted by atomic mass is 10.1. The summed E-state index contributed by atoms with van der Waals surface area (Å²) in [5.74, 6) is 0.938. The van der Waals surface area contributed by atoms with Gasteiger partial charge in [0, 0.05) is 13.1 Å². The average Bonchev–Trinajstić information content (AvgIpc) is 2.74. The molecule has 2 rings (SSSR count). The van der Waals surface area contributed by atoms with Crippen LogP contribution in [0.4, 0.5) is 0 Å². The first-order valence-corrected chi connectivity index (χ1v) is 10.3. The first-order chi connectivity index (χ1) is 14.4. The van der Waals surface area contributed by atoms with E-state index < -0.39 is 6.04 Å². The standard InChI is InChI=1S/C24H32N2O4/c1-6-22(24(28)25-7-2)26(15-19-9-8-10-20(14-19)29-5)23(27)16-30-21-12-11-17(3)18(4)13-21/h8-14,22H,6-7,15-16H2,1-5H3,(H,25,28)/t22-/m0/s1. The molecule has 2 aromatic rings. The number of hydrogen-bond donors (Lipinski definition) is 1. The molecule has 0 spiro atoms. The minimum absolute atomic E-state index is 0.137. The maximum Gasteiger partial charge on any atom is 0.261 e.